The van der Waals surface area contributed by atoms with E-state index in [2.05, 4.69) is 10.1 Å². The van der Waals surface area contributed by atoms with Crippen LogP contribution in [0.3, 0.4) is 0 Å². The summed E-state index contributed by atoms with van der Waals surface area (Å²) in [5.41, 5.74) is 0. The summed E-state index contributed by atoms with van der Waals surface area (Å²) in [6.45, 7) is 3.66. The maximum atomic E-state index is 10.4. The van der Waals surface area contributed by atoms with E-state index in [1.54, 1.807) is 0 Å². The van der Waals surface area contributed by atoms with E-state index in [-0.39, 0.29) is 17.2 Å². The Morgan fingerprint density at radius 1 is 1.69 bits per heavy atom. The molecular weight excluding hydrogens is 194 g/mol. The van der Waals surface area contributed by atoms with Crippen molar-refractivity contribution in [3.63, 3.8) is 0 Å². The molecule has 0 aromatic carbocycles. The molecule has 0 aliphatic carbocycles. The van der Waals surface area contributed by atoms with Gasteiger partial charge >= 0.3 is 5.97 Å². The highest BCUT2D eigenvalue weighted by Crippen LogP contribution is 2.14. The molecule has 1 N–H and O–H groups in total. The van der Waals surface area contributed by atoms with Crippen LogP contribution in [-0.2, 0) is 0 Å². The van der Waals surface area contributed by atoms with E-state index in [0.29, 0.717) is 0 Å². The third kappa shape index (κ3) is 2.18. The van der Waals surface area contributed by atoms with Gasteiger partial charge < -0.3 is 5.11 Å². The molecular formula is C7H10ClN3O2. The van der Waals surface area contributed by atoms with Crippen molar-refractivity contribution in [1.82, 2.24) is 14.8 Å². The normalized spacial score (nSPS) is 15.3. The fourth-order valence-corrected chi connectivity index (χ4v) is 0.895. The molecule has 1 unspecified atom stereocenters. The molecule has 1 aromatic heterocycles. The second-order valence-electron chi connectivity index (χ2n) is 2.77. The first-order chi connectivity index (χ1) is 6.02. The van der Waals surface area contributed by atoms with Gasteiger partial charge in [-0.05, 0) is 13.8 Å². The summed E-state index contributed by atoms with van der Waals surface area (Å²) in [7, 11) is 0. The van der Waals surface area contributed by atoms with Gasteiger partial charge in [-0.3, -0.25) is 0 Å². The molecule has 0 aliphatic rings. The first-order valence-corrected chi connectivity index (χ1v) is 4.24. The first kappa shape index (κ1) is 9.98. The van der Waals surface area contributed by atoms with Gasteiger partial charge in [0.05, 0.1) is 11.4 Å². The highest BCUT2D eigenvalue weighted by molar-refractivity contribution is 6.20. The summed E-state index contributed by atoms with van der Waals surface area (Å²) < 4.78 is 1.45. The second kappa shape index (κ2) is 3.74. The Labute approximate surface area is 80.3 Å². The Hall–Kier alpha value is -1.10. The van der Waals surface area contributed by atoms with Gasteiger partial charge in [0, 0.05) is 0 Å². The number of hydrogen-bond donors (Lipinski definition) is 1. The molecule has 0 amide bonds. The van der Waals surface area contributed by atoms with Gasteiger partial charge in [0.15, 0.2) is 0 Å². The zero-order chi connectivity index (χ0) is 10.0. The summed E-state index contributed by atoms with van der Waals surface area (Å²) >= 11 is 5.82. The van der Waals surface area contributed by atoms with Crippen LogP contribution in [0.15, 0.2) is 6.33 Å². The molecule has 0 aliphatic heterocycles. The number of carboxylic acids is 1. The Balaban J connectivity index is 2.85. The topological polar surface area (TPSA) is 68.0 Å². The van der Waals surface area contributed by atoms with Crippen LogP contribution in [0.4, 0.5) is 0 Å². The molecule has 13 heavy (non-hydrogen) atoms. The molecule has 1 rings (SSSR count). The van der Waals surface area contributed by atoms with Crippen LogP contribution >= 0.6 is 11.6 Å². The average Bonchev–Trinajstić information content (AvgIpc) is 2.50. The number of halogens is 1. The molecule has 72 valence electrons. The highest BCUT2D eigenvalue weighted by Gasteiger charge is 2.15. The Morgan fingerprint density at radius 2 is 2.31 bits per heavy atom. The lowest BCUT2D eigenvalue weighted by Crippen LogP contribution is -2.15. The molecule has 5 nitrogen and oxygen atoms in total. The van der Waals surface area contributed by atoms with Crippen molar-refractivity contribution in [3.8, 4) is 0 Å². The molecule has 1 aromatic rings. The third-order valence-corrected chi connectivity index (χ3v) is 2.15. The van der Waals surface area contributed by atoms with Gasteiger partial charge in [-0.1, -0.05) is 0 Å². The van der Waals surface area contributed by atoms with E-state index in [0.717, 1.165) is 0 Å². The molecule has 6 heteroatoms. The number of aromatic carboxylic acids is 1. The van der Waals surface area contributed by atoms with Crippen LogP contribution in [0, 0.1) is 0 Å². The summed E-state index contributed by atoms with van der Waals surface area (Å²) in [5.74, 6) is -1.34. The van der Waals surface area contributed by atoms with Crippen LogP contribution in [-0.4, -0.2) is 31.2 Å². The predicted molar refractivity (Wildman–Crippen MR) is 47.0 cm³/mol. The lowest BCUT2D eigenvalue weighted by molar-refractivity contribution is 0.0683. The highest BCUT2D eigenvalue weighted by atomic mass is 35.5. The second-order valence-corrected chi connectivity index (χ2v) is 3.46. The molecule has 0 saturated carbocycles. The largest absolute Gasteiger partial charge is 0.475 e. The van der Waals surface area contributed by atoms with Gasteiger partial charge in [0.1, 0.15) is 6.33 Å². The fraction of sp³-hybridized carbons (Fsp3) is 0.571. The number of alkyl halides is 1. The number of nitrogens with zero attached hydrogens (tertiary/aromatic N) is 3. The maximum Gasteiger partial charge on any atom is 0.375 e. The van der Waals surface area contributed by atoms with E-state index in [9.17, 15) is 4.79 Å². The van der Waals surface area contributed by atoms with Gasteiger partial charge in [0.25, 0.3) is 5.82 Å². The lowest BCUT2D eigenvalue weighted by Gasteiger charge is -2.12. The number of hydrogen-bond acceptors (Lipinski definition) is 3. The van der Waals surface area contributed by atoms with Gasteiger partial charge in [-0.25, -0.2) is 14.5 Å². The Morgan fingerprint density at radius 3 is 2.69 bits per heavy atom. The van der Waals surface area contributed by atoms with E-state index in [1.807, 2.05) is 13.8 Å². The average molecular weight is 204 g/mol. The van der Waals surface area contributed by atoms with Crippen LogP contribution < -0.4 is 0 Å². The number of aromatic nitrogens is 3. The Kier molecular flexibility index (Phi) is 2.87. The zero-order valence-corrected chi connectivity index (χ0v) is 8.06. The van der Waals surface area contributed by atoms with Crippen molar-refractivity contribution in [3.05, 3.63) is 12.2 Å². The number of carbonyl (C=O) groups is 1. The van der Waals surface area contributed by atoms with Gasteiger partial charge in [-0.2, -0.15) is 0 Å². The molecule has 0 spiro atoms. The van der Waals surface area contributed by atoms with Crippen molar-refractivity contribution in [2.45, 2.75) is 25.3 Å². The molecule has 0 saturated heterocycles. The molecule has 0 bridgehead atoms. The van der Waals surface area contributed by atoms with Crippen molar-refractivity contribution in [1.29, 1.82) is 0 Å². The van der Waals surface area contributed by atoms with Crippen LogP contribution in [0.25, 0.3) is 0 Å². The minimum Gasteiger partial charge on any atom is -0.475 e. The lowest BCUT2D eigenvalue weighted by atomic mass is 10.3. The summed E-state index contributed by atoms with van der Waals surface area (Å²) in [5, 5.41) is 12.2. The monoisotopic (exact) mass is 203 g/mol. The predicted octanol–water partition coefficient (Wildman–Crippen LogP) is 1.16. The van der Waals surface area contributed by atoms with Crippen molar-refractivity contribution < 1.29 is 9.90 Å². The number of carboxylic acid groups (broad SMARTS) is 1. The van der Waals surface area contributed by atoms with Gasteiger partial charge in [0.2, 0.25) is 0 Å². The molecule has 2 atom stereocenters. The van der Waals surface area contributed by atoms with E-state index in [4.69, 9.17) is 16.7 Å². The van der Waals surface area contributed by atoms with Crippen molar-refractivity contribution in [2.24, 2.45) is 0 Å². The van der Waals surface area contributed by atoms with Gasteiger partial charge in [-0.15, -0.1) is 16.7 Å². The minimum absolute atomic E-state index is 0.0673. The maximum absolute atomic E-state index is 10.4. The zero-order valence-electron chi connectivity index (χ0n) is 7.31. The molecule has 0 radical (unpaired) electrons. The standard InChI is InChI=1S/C7H10ClN3O2/c1-4(8)5(2)11-3-9-6(10-11)7(12)13/h3-5H,1-2H3,(H,12,13)/t4?,5-/m1/s1. The minimum atomic E-state index is -1.13. The smallest absolute Gasteiger partial charge is 0.375 e. The number of rotatable bonds is 3. The van der Waals surface area contributed by atoms with Crippen LogP contribution in [0.5, 0.6) is 0 Å². The SMILES string of the molecule is CC(Cl)[C@@H](C)n1cnc(C(=O)O)n1. The first-order valence-electron chi connectivity index (χ1n) is 3.81. The summed E-state index contributed by atoms with van der Waals surface area (Å²) in [6, 6.07) is -0.0673. The van der Waals surface area contributed by atoms with Crippen molar-refractivity contribution in [2.75, 3.05) is 0 Å². The summed E-state index contributed by atoms with van der Waals surface area (Å²) in [4.78, 5) is 14.0. The summed E-state index contributed by atoms with van der Waals surface area (Å²) in [6.07, 6.45) is 1.37. The fourth-order valence-electron chi connectivity index (χ4n) is 0.780. The van der Waals surface area contributed by atoms with Crippen LogP contribution in [0.1, 0.15) is 30.5 Å². The van der Waals surface area contributed by atoms with E-state index in [1.165, 1.54) is 11.0 Å². The Bertz CT molecular complexity index is 310. The van der Waals surface area contributed by atoms with E-state index >= 15 is 0 Å². The third-order valence-electron chi connectivity index (χ3n) is 1.78. The van der Waals surface area contributed by atoms with E-state index < -0.39 is 5.97 Å². The van der Waals surface area contributed by atoms with Crippen molar-refractivity contribution >= 4 is 17.6 Å². The molecule has 1 heterocycles. The molecule has 0 fully saturated rings. The van der Waals surface area contributed by atoms with Crippen LogP contribution in [0.2, 0.25) is 0 Å². The quantitative estimate of drug-likeness (QED) is 0.749.